The van der Waals surface area contributed by atoms with Gasteiger partial charge >= 0.3 is 5.97 Å². The number of carbonyl (C=O) groups is 1. The van der Waals surface area contributed by atoms with E-state index in [9.17, 15) is 4.79 Å². The molecule has 1 rings (SSSR count). The summed E-state index contributed by atoms with van der Waals surface area (Å²) in [5.74, 6) is 0.338. The number of nitrogens with one attached hydrogen (secondary N) is 1. The first-order valence-corrected chi connectivity index (χ1v) is 7.14. The molecule has 0 aromatic carbocycles. The van der Waals surface area contributed by atoms with Crippen LogP contribution in [0.4, 0.5) is 0 Å². The Morgan fingerprint density at radius 3 is 2.72 bits per heavy atom. The van der Waals surface area contributed by atoms with Gasteiger partial charge in [0, 0.05) is 31.6 Å². The maximum absolute atomic E-state index is 11.4. The van der Waals surface area contributed by atoms with Gasteiger partial charge in [-0.25, -0.2) is 0 Å². The zero-order valence-corrected chi connectivity index (χ0v) is 12.2. The molecule has 1 N–H and O–H groups in total. The molecular formula is C14H28N2O2. The van der Waals surface area contributed by atoms with Crippen LogP contribution in [0.1, 0.15) is 40.0 Å². The van der Waals surface area contributed by atoms with Gasteiger partial charge in [-0.3, -0.25) is 9.69 Å². The van der Waals surface area contributed by atoms with Gasteiger partial charge in [-0.15, -0.1) is 0 Å². The lowest BCUT2D eigenvalue weighted by molar-refractivity contribution is -0.142. The number of rotatable bonds is 6. The molecule has 3 atom stereocenters. The van der Waals surface area contributed by atoms with E-state index in [1.165, 1.54) is 7.11 Å². The number of hydrogen-bond acceptors (Lipinski definition) is 4. The maximum atomic E-state index is 11.4. The molecule has 4 heteroatoms. The third kappa shape index (κ3) is 4.58. The minimum Gasteiger partial charge on any atom is -0.469 e. The normalized spacial score (nSPS) is 26.9. The van der Waals surface area contributed by atoms with Crippen LogP contribution in [0.5, 0.6) is 0 Å². The summed E-state index contributed by atoms with van der Waals surface area (Å²) in [6.45, 7) is 9.73. The Bertz CT molecular complexity index is 258. The molecule has 1 fully saturated rings. The smallest absolute Gasteiger partial charge is 0.305 e. The van der Waals surface area contributed by atoms with Crippen molar-refractivity contribution in [2.75, 3.05) is 26.7 Å². The van der Waals surface area contributed by atoms with E-state index in [1.54, 1.807) is 0 Å². The molecule has 18 heavy (non-hydrogen) atoms. The summed E-state index contributed by atoms with van der Waals surface area (Å²) in [5.41, 5.74) is 0. The molecule has 0 saturated carbocycles. The summed E-state index contributed by atoms with van der Waals surface area (Å²) >= 11 is 0. The second-order valence-electron chi connectivity index (χ2n) is 5.35. The van der Waals surface area contributed by atoms with Gasteiger partial charge in [-0.2, -0.15) is 0 Å². The molecule has 0 amide bonds. The number of nitrogens with zero attached hydrogens (tertiary/aromatic N) is 1. The second-order valence-corrected chi connectivity index (χ2v) is 5.35. The SMILES string of the molecule is CCNC1CC(CC(=O)OC)CN(C(C)CC)C1. The number of hydrogen-bond donors (Lipinski definition) is 1. The molecule has 3 unspecified atom stereocenters. The summed E-state index contributed by atoms with van der Waals surface area (Å²) < 4.78 is 4.79. The van der Waals surface area contributed by atoms with Crippen LogP contribution in [-0.4, -0.2) is 49.7 Å². The van der Waals surface area contributed by atoms with Crippen molar-refractivity contribution in [3.63, 3.8) is 0 Å². The topological polar surface area (TPSA) is 41.6 Å². The van der Waals surface area contributed by atoms with Crippen LogP contribution < -0.4 is 5.32 Å². The van der Waals surface area contributed by atoms with E-state index in [-0.39, 0.29) is 5.97 Å². The first kappa shape index (κ1) is 15.4. The predicted molar refractivity (Wildman–Crippen MR) is 73.5 cm³/mol. The Labute approximate surface area is 111 Å². The standard InChI is InChI=1S/C14H28N2O2/c1-5-11(3)16-9-12(8-14(17)18-4)7-13(10-16)15-6-2/h11-13,15H,5-10H2,1-4H3. The van der Waals surface area contributed by atoms with Gasteiger partial charge in [0.15, 0.2) is 0 Å². The highest BCUT2D eigenvalue weighted by atomic mass is 16.5. The number of likely N-dealkylation sites (N-methyl/N-ethyl adjacent to an activating group) is 1. The first-order chi connectivity index (χ1) is 8.60. The highest BCUT2D eigenvalue weighted by molar-refractivity contribution is 5.69. The van der Waals surface area contributed by atoms with E-state index < -0.39 is 0 Å². The Morgan fingerprint density at radius 1 is 1.44 bits per heavy atom. The van der Waals surface area contributed by atoms with Gasteiger partial charge in [0.25, 0.3) is 0 Å². The lowest BCUT2D eigenvalue weighted by Crippen LogP contribution is -2.52. The third-order valence-electron chi connectivity index (χ3n) is 3.96. The van der Waals surface area contributed by atoms with Crippen molar-refractivity contribution in [1.29, 1.82) is 0 Å². The van der Waals surface area contributed by atoms with E-state index in [0.29, 0.717) is 24.4 Å². The van der Waals surface area contributed by atoms with Gasteiger partial charge in [-0.1, -0.05) is 13.8 Å². The molecular weight excluding hydrogens is 228 g/mol. The summed E-state index contributed by atoms with van der Waals surface area (Å²) in [5, 5.41) is 3.52. The molecule has 0 radical (unpaired) electrons. The van der Waals surface area contributed by atoms with E-state index in [1.807, 2.05) is 0 Å². The quantitative estimate of drug-likeness (QED) is 0.734. The minimum atomic E-state index is -0.0822. The van der Waals surface area contributed by atoms with Crippen LogP contribution in [0.3, 0.4) is 0 Å². The fraction of sp³-hybridized carbons (Fsp3) is 0.929. The molecule has 0 aromatic rings. The van der Waals surface area contributed by atoms with Crippen molar-refractivity contribution >= 4 is 5.97 Å². The Morgan fingerprint density at radius 2 is 2.17 bits per heavy atom. The van der Waals surface area contributed by atoms with E-state index in [4.69, 9.17) is 4.74 Å². The average Bonchev–Trinajstić information content (AvgIpc) is 2.37. The summed E-state index contributed by atoms with van der Waals surface area (Å²) in [7, 11) is 1.47. The highest BCUT2D eigenvalue weighted by Gasteiger charge is 2.30. The Kier molecular flexibility index (Phi) is 6.65. The van der Waals surface area contributed by atoms with Gasteiger partial charge in [0.1, 0.15) is 0 Å². The van der Waals surface area contributed by atoms with Gasteiger partial charge in [0.05, 0.1) is 7.11 Å². The third-order valence-corrected chi connectivity index (χ3v) is 3.96. The van der Waals surface area contributed by atoms with E-state index in [2.05, 4.69) is 31.0 Å². The number of carbonyl (C=O) groups excluding carboxylic acids is 1. The van der Waals surface area contributed by atoms with Crippen LogP contribution >= 0.6 is 0 Å². The number of piperidine rings is 1. The van der Waals surface area contributed by atoms with Gasteiger partial charge in [0.2, 0.25) is 0 Å². The first-order valence-electron chi connectivity index (χ1n) is 7.14. The maximum Gasteiger partial charge on any atom is 0.305 e. The number of esters is 1. The molecule has 0 bridgehead atoms. The van der Waals surface area contributed by atoms with Crippen LogP contribution in [0.2, 0.25) is 0 Å². The molecule has 1 heterocycles. The predicted octanol–water partition coefficient (Wildman–Crippen LogP) is 1.65. The lowest BCUT2D eigenvalue weighted by Gasteiger charge is -2.40. The zero-order chi connectivity index (χ0) is 13.5. The van der Waals surface area contributed by atoms with Crippen molar-refractivity contribution in [2.45, 2.75) is 52.1 Å². The molecule has 0 aromatic heterocycles. The van der Waals surface area contributed by atoms with E-state index >= 15 is 0 Å². The van der Waals surface area contributed by atoms with Gasteiger partial charge in [-0.05, 0) is 32.2 Å². The van der Waals surface area contributed by atoms with Crippen LogP contribution in [0, 0.1) is 5.92 Å². The van der Waals surface area contributed by atoms with Crippen molar-refractivity contribution in [1.82, 2.24) is 10.2 Å². The number of ether oxygens (including phenoxy) is 1. The fourth-order valence-corrected chi connectivity index (χ4v) is 2.76. The van der Waals surface area contributed by atoms with Crippen molar-refractivity contribution in [2.24, 2.45) is 5.92 Å². The lowest BCUT2D eigenvalue weighted by atomic mass is 9.90. The highest BCUT2D eigenvalue weighted by Crippen LogP contribution is 2.23. The van der Waals surface area contributed by atoms with Crippen LogP contribution in [0.15, 0.2) is 0 Å². The molecule has 0 aliphatic carbocycles. The monoisotopic (exact) mass is 256 g/mol. The number of likely N-dealkylation sites (tertiary alicyclic amines) is 1. The Balaban J connectivity index is 2.58. The Hall–Kier alpha value is -0.610. The molecule has 1 saturated heterocycles. The summed E-state index contributed by atoms with van der Waals surface area (Å²) in [6, 6.07) is 1.10. The molecule has 106 valence electrons. The molecule has 1 aliphatic heterocycles. The van der Waals surface area contributed by atoms with Crippen LogP contribution in [0.25, 0.3) is 0 Å². The van der Waals surface area contributed by atoms with Crippen LogP contribution in [-0.2, 0) is 9.53 Å². The molecule has 4 nitrogen and oxygen atoms in total. The summed E-state index contributed by atoms with van der Waals surface area (Å²) in [4.78, 5) is 13.9. The van der Waals surface area contributed by atoms with E-state index in [0.717, 1.165) is 32.5 Å². The number of methoxy groups -OCH3 is 1. The molecule has 1 aliphatic rings. The van der Waals surface area contributed by atoms with Crippen molar-refractivity contribution < 1.29 is 9.53 Å². The largest absolute Gasteiger partial charge is 0.469 e. The minimum absolute atomic E-state index is 0.0822. The van der Waals surface area contributed by atoms with Crippen molar-refractivity contribution in [3.8, 4) is 0 Å². The average molecular weight is 256 g/mol. The zero-order valence-electron chi connectivity index (χ0n) is 12.2. The second kappa shape index (κ2) is 7.74. The van der Waals surface area contributed by atoms with Gasteiger partial charge < -0.3 is 10.1 Å². The fourth-order valence-electron chi connectivity index (χ4n) is 2.76. The van der Waals surface area contributed by atoms with Crippen molar-refractivity contribution in [3.05, 3.63) is 0 Å². The summed E-state index contributed by atoms with van der Waals surface area (Å²) in [6.07, 6.45) is 2.78. The molecule has 0 spiro atoms.